The number of hydrogen-bond acceptors (Lipinski definition) is 4. The molecule has 3 rings (SSSR count). The molecule has 0 N–H and O–H groups in total. The molecule has 4 heteroatoms. The van der Waals surface area contributed by atoms with Crippen molar-refractivity contribution in [2.45, 2.75) is 38.3 Å². The number of thiazole rings is 1. The van der Waals surface area contributed by atoms with Crippen LogP contribution in [0.5, 0.6) is 0 Å². The van der Waals surface area contributed by atoms with Gasteiger partial charge in [0.2, 0.25) is 0 Å². The normalized spacial score (nSPS) is 19.9. The minimum atomic E-state index is 0.717. The second-order valence-electron chi connectivity index (χ2n) is 5.14. The Hall–Kier alpha value is -1.26. The van der Waals surface area contributed by atoms with Gasteiger partial charge in [-0.05, 0) is 49.9 Å². The molecule has 0 bridgehead atoms. The largest absolute Gasteiger partial charge is 0.295 e. The van der Waals surface area contributed by atoms with Crippen LogP contribution in [-0.2, 0) is 13.0 Å². The Morgan fingerprint density at radius 2 is 2.21 bits per heavy atom. The van der Waals surface area contributed by atoms with E-state index in [9.17, 15) is 0 Å². The van der Waals surface area contributed by atoms with Gasteiger partial charge in [0.05, 0.1) is 11.2 Å². The molecular weight excluding hydrogens is 254 g/mol. The van der Waals surface area contributed by atoms with Crippen LogP contribution in [-0.4, -0.2) is 27.5 Å². The SMILES string of the molecule is c1cc(CC[C@H]2CCCN2Cc2cscn2)ccn1. The lowest BCUT2D eigenvalue weighted by Crippen LogP contribution is -2.29. The summed E-state index contributed by atoms with van der Waals surface area (Å²) >= 11 is 1.69. The molecule has 3 heterocycles. The fraction of sp³-hybridized carbons (Fsp3) is 0.467. The van der Waals surface area contributed by atoms with E-state index < -0.39 is 0 Å². The quantitative estimate of drug-likeness (QED) is 0.838. The molecule has 1 atom stereocenters. The molecule has 0 aromatic carbocycles. The molecule has 0 radical (unpaired) electrons. The van der Waals surface area contributed by atoms with Crippen LogP contribution < -0.4 is 0 Å². The highest BCUT2D eigenvalue weighted by Crippen LogP contribution is 2.23. The molecule has 0 aliphatic carbocycles. The zero-order valence-electron chi connectivity index (χ0n) is 11.0. The minimum Gasteiger partial charge on any atom is -0.295 e. The third kappa shape index (κ3) is 3.39. The van der Waals surface area contributed by atoms with Crippen molar-refractivity contribution < 1.29 is 0 Å². The molecule has 3 nitrogen and oxygen atoms in total. The van der Waals surface area contributed by atoms with Crippen LogP contribution in [0.15, 0.2) is 35.4 Å². The van der Waals surface area contributed by atoms with E-state index in [4.69, 9.17) is 0 Å². The molecule has 1 fully saturated rings. The summed E-state index contributed by atoms with van der Waals surface area (Å²) in [6.07, 6.45) is 8.82. The molecule has 2 aromatic heterocycles. The number of likely N-dealkylation sites (tertiary alicyclic amines) is 1. The Morgan fingerprint density at radius 3 is 3.00 bits per heavy atom. The molecule has 2 aromatic rings. The Balaban J connectivity index is 1.55. The van der Waals surface area contributed by atoms with E-state index in [1.807, 2.05) is 17.9 Å². The average molecular weight is 273 g/mol. The van der Waals surface area contributed by atoms with Crippen molar-refractivity contribution in [3.8, 4) is 0 Å². The van der Waals surface area contributed by atoms with Gasteiger partial charge in [-0.25, -0.2) is 4.98 Å². The van der Waals surface area contributed by atoms with Gasteiger partial charge in [-0.15, -0.1) is 11.3 Å². The van der Waals surface area contributed by atoms with Gasteiger partial charge in [0.1, 0.15) is 0 Å². The van der Waals surface area contributed by atoms with Gasteiger partial charge < -0.3 is 0 Å². The number of nitrogens with zero attached hydrogens (tertiary/aromatic N) is 3. The lowest BCUT2D eigenvalue weighted by Gasteiger charge is -2.23. The molecule has 1 saturated heterocycles. The smallest absolute Gasteiger partial charge is 0.0795 e. The molecule has 1 aliphatic rings. The Morgan fingerprint density at radius 1 is 1.32 bits per heavy atom. The van der Waals surface area contributed by atoms with Crippen molar-refractivity contribution in [1.29, 1.82) is 0 Å². The van der Waals surface area contributed by atoms with Crippen LogP contribution >= 0.6 is 11.3 Å². The number of hydrogen-bond donors (Lipinski definition) is 0. The second-order valence-corrected chi connectivity index (χ2v) is 5.86. The van der Waals surface area contributed by atoms with Crippen LogP contribution in [0.4, 0.5) is 0 Å². The third-order valence-electron chi connectivity index (χ3n) is 3.86. The van der Waals surface area contributed by atoms with Crippen molar-refractivity contribution >= 4 is 11.3 Å². The lowest BCUT2D eigenvalue weighted by molar-refractivity contribution is 0.232. The summed E-state index contributed by atoms with van der Waals surface area (Å²) in [6, 6.07) is 4.97. The highest BCUT2D eigenvalue weighted by atomic mass is 32.1. The average Bonchev–Trinajstić information content (AvgIpc) is 3.10. The molecule has 1 aliphatic heterocycles. The predicted octanol–water partition coefficient (Wildman–Crippen LogP) is 3.14. The number of pyridine rings is 1. The van der Waals surface area contributed by atoms with E-state index in [-0.39, 0.29) is 0 Å². The minimum absolute atomic E-state index is 0.717. The Kier molecular flexibility index (Phi) is 4.20. The van der Waals surface area contributed by atoms with Crippen molar-refractivity contribution in [1.82, 2.24) is 14.9 Å². The fourth-order valence-corrected chi connectivity index (χ4v) is 3.39. The standard InChI is InChI=1S/C15H19N3S/c1-2-15(4-3-13-5-7-16-8-6-13)18(9-1)10-14-11-19-12-17-14/h5-8,11-12,15H,1-4,9-10H2/t15-/m1/s1. The van der Waals surface area contributed by atoms with Gasteiger partial charge in [-0.1, -0.05) is 0 Å². The molecule has 0 unspecified atom stereocenters. The van der Waals surface area contributed by atoms with Crippen LogP contribution in [0, 0.1) is 0 Å². The fourth-order valence-electron chi connectivity index (χ4n) is 2.84. The first-order chi connectivity index (χ1) is 9.42. The summed E-state index contributed by atoms with van der Waals surface area (Å²) < 4.78 is 0. The van der Waals surface area contributed by atoms with Crippen molar-refractivity contribution in [2.24, 2.45) is 0 Å². The first-order valence-electron chi connectivity index (χ1n) is 6.92. The number of rotatable bonds is 5. The summed E-state index contributed by atoms with van der Waals surface area (Å²) in [5, 5.41) is 2.16. The first-order valence-corrected chi connectivity index (χ1v) is 7.86. The zero-order chi connectivity index (χ0) is 12.9. The first kappa shape index (κ1) is 12.8. The Bertz CT molecular complexity index is 483. The van der Waals surface area contributed by atoms with Crippen LogP contribution in [0.1, 0.15) is 30.5 Å². The van der Waals surface area contributed by atoms with E-state index in [0.29, 0.717) is 0 Å². The van der Waals surface area contributed by atoms with Gasteiger partial charge in [0.15, 0.2) is 0 Å². The molecule has 19 heavy (non-hydrogen) atoms. The molecular formula is C15H19N3S. The van der Waals surface area contributed by atoms with E-state index in [1.54, 1.807) is 11.3 Å². The maximum absolute atomic E-state index is 4.40. The van der Waals surface area contributed by atoms with Crippen molar-refractivity contribution in [3.05, 3.63) is 46.7 Å². The van der Waals surface area contributed by atoms with E-state index in [0.717, 1.165) is 19.0 Å². The number of aryl methyl sites for hydroxylation is 1. The van der Waals surface area contributed by atoms with Crippen molar-refractivity contribution in [2.75, 3.05) is 6.54 Å². The maximum atomic E-state index is 4.40. The van der Waals surface area contributed by atoms with E-state index in [1.165, 1.54) is 37.1 Å². The van der Waals surface area contributed by atoms with Gasteiger partial charge in [0.25, 0.3) is 0 Å². The highest BCUT2D eigenvalue weighted by Gasteiger charge is 2.24. The molecule has 100 valence electrons. The van der Waals surface area contributed by atoms with E-state index in [2.05, 4.69) is 32.4 Å². The molecule has 0 amide bonds. The van der Waals surface area contributed by atoms with Gasteiger partial charge in [0, 0.05) is 30.4 Å². The van der Waals surface area contributed by atoms with Gasteiger partial charge >= 0.3 is 0 Å². The summed E-state index contributed by atoms with van der Waals surface area (Å²) in [5.41, 5.74) is 4.55. The van der Waals surface area contributed by atoms with Crippen molar-refractivity contribution in [3.63, 3.8) is 0 Å². The molecule has 0 saturated carbocycles. The highest BCUT2D eigenvalue weighted by molar-refractivity contribution is 7.07. The summed E-state index contributed by atoms with van der Waals surface area (Å²) in [5.74, 6) is 0. The zero-order valence-corrected chi connectivity index (χ0v) is 11.9. The van der Waals surface area contributed by atoms with Gasteiger partial charge in [-0.3, -0.25) is 9.88 Å². The van der Waals surface area contributed by atoms with E-state index >= 15 is 0 Å². The third-order valence-corrected chi connectivity index (χ3v) is 4.50. The Labute approximate surface area is 118 Å². The lowest BCUT2D eigenvalue weighted by atomic mass is 10.0. The van der Waals surface area contributed by atoms with Crippen LogP contribution in [0.2, 0.25) is 0 Å². The maximum Gasteiger partial charge on any atom is 0.0795 e. The monoisotopic (exact) mass is 273 g/mol. The molecule has 0 spiro atoms. The van der Waals surface area contributed by atoms with Crippen LogP contribution in [0.3, 0.4) is 0 Å². The summed E-state index contributed by atoms with van der Waals surface area (Å²) in [6.45, 7) is 2.24. The number of aromatic nitrogens is 2. The predicted molar refractivity (Wildman–Crippen MR) is 78.1 cm³/mol. The second kappa shape index (κ2) is 6.26. The summed E-state index contributed by atoms with van der Waals surface area (Å²) in [7, 11) is 0. The summed E-state index contributed by atoms with van der Waals surface area (Å²) in [4.78, 5) is 11.1. The van der Waals surface area contributed by atoms with Gasteiger partial charge in [-0.2, -0.15) is 0 Å². The van der Waals surface area contributed by atoms with Crippen LogP contribution in [0.25, 0.3) is 0 Å². The topological polar surface area (TPSA) is 29.0 Å².